The first-order valence-corrected chi connectivity index (χ1v) is 14.4. The van der Waals surface area contributed by atoms with E-state index in [9.17, 15) is 4.21 Å². The Kier molecular flexibility index (Phi) is 7.76. The Labute approximate surface area is 238 Å². The maximum atomic E-state index is 12.9. The van der Waals surface area contributed by atoms with E-state index in [1.807, 2.05) is 85.8 Å². The topological polar surface area (TPSA) is 132 Å². The van der Waals surface area contributed by atoms with Crippen LogP contribution in [0.3, 0.4) is 0 Å². The second kappa shape index (κ2) is 12.1. The molecule has 0 saturated heterocycles. The molecule has 3 heterocycles. The van der Waals surface area contributed by atoms with Gasteiger partial charge in [-0.1, -0.05) is 42.5 Å². The third-order valence-corrected chi connectivity index (χ3v) is 7.65. The minimum atomic E-state index is -1.33. The molecule has 206 valence electrons. The van der Waals surface area contributed by atoms with Crippen LogP contribution in [0, 0.1) is 6.92 Å². The number of aromatic nitrogens is 7. The van der Waals surface area contributed by atoms with E-state index in [4.69, 9.17) is 9.47 Å². The van der Waals surface area contributed by atoms with Gasteiger partial charge in [0.25, 0.3) is 0 Å². The molecule has 3 aromatic carbocycles. The summed E-state index contributed by atoms with van der Waals surface area (Å²) in [7, 11) is -1.33. The molecule has 0 amide bonds. The van der Waals surface area contributed by atoms with Gasteiger partial charge in [-0.25, -0.2) is 4.98 Å². The highest BCUT2D eigenvalue weighted by atomic mass is 32.2. The number of benzene rings is 3. The fourth-order valence-corrected chi connectivity index (χ4v) is 5.45. The first-order chi connectivity index (χ1) is 20.1. The van der Waals surface area contributed by atoms with E-state index >= 15 is 0 Å². The highest BCUT2D eigenvalue weighted by Crippen LogP contribution is 2.26. The van der Waals surface area contributed by atoms with Crippen molar-refractivity contribution in [3.63, 3.8) is 0 Å². The van der Waals surface area contributed by atoms with E-state index in [2.05, 4.69) is 35.6 Å². The Morgan fingerprint density at radius 1 is 0.854 bits per heavy atom. The van der Waals surface area contributed by atoms with Crippen molar-refractivity contribution in [3.05, 3.63) is 96.3 Å². The number of fused-ring (bicyclic) bond motifs is 1. The molecule has 0 saturated carbocycles. The quantitative estimate of drug-likeness (QED) is 0.203. The van der Waals surface area contributed by atoms with E-state index in [0.717, 1.165) is 44.7 Å². The van der Waals surface area contributed by atoms with Crippen LogP contribution in [-0.2, 0) is 16.6 Å². The van der Waals surface area contributed by atoms with Crippen LogP contribution in [0.4, 0.5) is 0 Å². The molecular weight excluding hydrogens is 538 g/mol. The number of hydrogen-bond donors (Lipinski definition) is 2. The van der Waals surface area contributed by atoms with Crippen LogP contribution in [0.25, 0.3) is 33.5 Å². The third kappa shape index (κ3) is 6.30. The summed E-state index contributed by atoms with van der Waals surface area (Å²) in [6, 6.07) is 25.5. The lowest BCUT2D eigenvalue weighted by atomic mass is 10.0. The van der Waals surface area contributed by atoms with Crippen molar-refractivity contribution in [2.75, 3.05) is 13.2 Å². The molecule has 41 heavy (non-hydrogen) atoms. The maximum Gasteiger partial charge on any atom is 0.204 e. The molecule has 0 bridgehead atoms. The lowest BCUT2D eigenvalue weighted by Crippen LogP contribution is -2.06. The Hall–Kier alpha value is -4.90. The van der Waals surface area contributed by atoms with Crippen molar-refractivity contribution in [2.24, 2.45) is 0 Å². The van der Waals surface area contributed by atoms with Gasteiger partial charge in [-0.05, 0) is 65.2 Å². The Balaban J connectivity index is 0.963. The zero-order chi connectivity index (χ0) is 28.0. The van der Waals surface area contributed by atoms with Crippen molar-refractivity contribution in [1.82, 2.24) is 35.6 Å². The second-order valence-electron chi connectivity index (χ2n) is 9.37. The molecule has 0 aliphatic carbocycles. The molecule has 6 aromatic rings. The number of H-pyrrole nitrogens is 2. The minimum Gasteiger partial charge on any atom is -0.493 e. The van der Waals surface area contributed by atoms with E-state index in [0.29, 0.717) is 36.4 Å². The summed E-state index contributed by atoms with van der Waals surface area (Å²) in [4.78, 5) is 12.1. The number of pyridine rings is 1. The average Bonchev–Trinajstić information content (AvgIpc) is 3.70. The van der Waals surface area contributed by atoms with Crippen molar-refractivity contribution in [1.29, 1.82) is 0 Å². The van der Waals surface area contributed by atoms with Gasteiger partial charge in [-0.15, -0.1) is 10.2 Å². The molecule has 10 nitrogen and oxygen atoms in total. The van der Waals surface area contributed by atoms with Gasteiger partial charge in [-0.2, -0.15) is 5.21 Å². The Morgan fingerprint density at radius 2 is 1.66 bits per heavy atom. The average molecular weight is 566 g/mol. The third-order valence-electron chi connectivity index (χ3n) is 6.49. The molecule has 1 unspecified atom stereocenters. The molecule has 0 radical (unpaired) electrons. The normalized spacial score (nSPS) is 11.9. The van der Waals surface area contributed by atoms with Crippen molar-refractivity contribution in [3.8, 4) is 34.0 Å². The highest BCUT2D eigenvalue weighted by molar-refractivity contribution is 7.84. The highest BCUT2D eigenvalue weighted by Gasteiger charge is 2.13. The van der Waals surface area contributed by atoms with Crippen molar-refractivity contribution >= 4 is 21.8 Å². The van der Waals surface area contributed by atoms with Crippen LogP contribution in [0.5, 0.6) is 11.5 Å². The number of imidazole rings is 1. The first-order valence-electron chi connectivity index (χ1n) is 13.1. The zero-order valence-corrected chi connectivity index (χ0v) is 23.1. The van der Waals surface area contributed by atoms with Gasteiger partial charge in [0.15, 0.2) is 5.16 Å². The lowest BCUT2D eigenvalue weighted by molar-refractivity contribution is 0.247. The predicted molar refractivity (Wildman–Crippen MR) is 156 cm³/mol. The lowest BCUT2D eigenvalue weighted by Gasteiger charge is -2.10. The van der Waals surface area contributed by atoms with Gasteiger partial charge < -0.3 is 14.5 Å². The fraction of sp³-hybridized carbons (Fsp3) is 0.167. The van der Waals surface area contributed by atoms with Gasteiger partial charge in [0.2, 0.25) is 5.82 Å². The van der Waals surface area contributed by atoms with Crippen LogP contribution in [-0.4, -0.2) is 53.0 Å². The molecule has 1 atom stereocenters. The Morgan fingerprint density at radius 3 is 2.44 bits per heavy atom. The van der Waals surface area contributed by atoms with Crippen LogP contribution in [0.1, 0.15) is 17.7 Å². The molecule has 0 aliphatic heterocycles. The minimum absolute atomic E-state index is 0.281. The number of rotatable bonds is 11. The zero-order valence-electron chi connectivity index (χ0n) is 22.3. The Bertz CT molecular complexity index is 1750. The van der Waals surface area contributed by atoms with Crippen LogP contribution in [0.2, 0.25) is 0 Å². The molecule has 0 spiro atoms. The summed E-state index contributed by atoms with van der Waals surface area (Å²) in [6.45, 7) is 2.96. The standard InChI is InChI=1S/C30H27N7O3S/c1-20-16-25(18-31-28(20)19-41(38)30-32-26-8-2-3-9-27(26)33-30)40-15-5-14-39-24-12-10-21(11-13-24)22-6-4-7-23(17-22)29-34-36-37-35-29/h2-4,6-13,16-18H,5,14-15,19H2,1H3,(H,32,33)(H,34,35,36,37). The molecule has 3 aromatic heterocycles. The molecule has 0 aliphatic rings. The smallest absolute Gasteiger partial charge is 0.204 e. The fourth-order valence-electron chi connectivity index (χ4n) is 4.34. The summed E-state index contributed by atoms with van der Waals surface area (Å²) in [5, 5.41) is 14.6. The number of nitrogens with zero attached hydrogens (tertiary/aromatic N) is 5. The van der Waals surface area contributed by atoms with Gasteiger partial charge >= 0.3 is 0 Å². The molecule has 6 rings (SSSR count). The summed E-state index contributed by atoms with van der Waals surface area (Å²) in [6.07, 6.45) is 2.39. The van der Waals surface area contributed by atoms with Gasteiger partial charge in [0.05, 0.1) is 52.7 Å². The molecule has 2 N–H and O–H groups in total. The number of ether oxygens (including phenoxy) is 2. The largest absolute Gasteiger partial charge is 0.493 e. The summed E-state index contributed by atoms with van der Waals surface area (Å²) in [5.41, 5.74) is 6.37. The monoisotopic (exact) mass is 565 g/mol. The summed E-state index contributed by atoms with van der Waals surface area (Å²) >= 11 is 0. The van der Waals surface area contributed by atoms with E-state index in [1.165, 1.54) is 0 Å². The number of hydrogen-bond acceptors (Lipinski definition) is 8. The van der Waals surface area contributed by atoms with E-state index in [1.54, 1.807) is 6.20 Å². The van der Waals surface area contributed by atoms with Crippen LogP contribution < -0.4 is 9.47 Å². The second-order valence-corrected chi connectivity index (χ2v) is 10.7. The van der Waals surface area contributed by atoms with Crippen molar-refractivity contribution < 1.29 is 13.7 Å². The van der Waals surface area contributed by atoms with E-state index < -0.39 is 10.8 Å². The summed E-state index contributed by atoms with van der Waals surface area (Å²) in [5.74, 6) is 2.31. The molecule has 11 heteroatoms. The van der Waals surface area contributed by atoms with Crippen LogP contribution >= 0.6 is 0 Å². The van der Waals surface area contributed by atoms with E-state index in [-0.39, 0.29) is 5.75 Å². The SMILES string of the molecule is Cc1cc(OCCCOc2ccc(-c3cccc(-c4nn[nH]n4)c3)cc2)cnc1CS(=O)c1nc2ccccc2[nH]1. The number of nitrogens with one attached hydrogen (secondary N) is 2. The number of tetrazole rings is 1. The number of aryl methyl sites for hydroxylation is 1. The van der Waals surface area contributed by atoms with Gasteiger partial charge in [0.1, 0.15) is 11.5 Å². The predicted octanol–water partition coefficient (Wildman–Crippen LogP) is 5.27. The van der Waals surface area contributed by atoms with Gasteiger partial charge in [-0.3, -0.25) is 9.19 Å². The van der Waals surface area contributed by atoms with Gasteiger partial charge in [0, 0.05) is 12.0 Å². The molecular formula is C30H27N7O3S. The van der Waals surface area contributed by atoms with Crippen molar-refractivity contribution in [2.45, 2.75) is 24.3 Å². The molecule has 0 fully saturated rings. The summed E-state index contributed by atoms with van der Waals surface area (Å²) < 4.78 is 24.6. The maximum absolute atomic E-state index is 12.9. The van der Waals surface area contributed by atoms with Crippen LogP contribution in [0.15, 0.2) is 90.2 Å². The number of aromatic amines is 2. The number of para-hydroxylation sites is 2. The first kappa shape index (κ1) is 26.3.